The van der Waals surface area contributed by atoms with Crippen molar-refractivity contribution >= 4 is 28.5 Å². The summed E-state index contributed by atoms with van der Waals surface area (Å²) in [4.78, 5) is 28.0. The number of carbonyl (C=O) groups is 2. The molecule has 0 atom stereocenters. The number of ether oxygens (including phenoxy) is 1. The van der Waals surface area contributed by atoms with Crippen LogP contribution >= 0.6 is 0 Å². The van der Waals surface area contributed by atoms with Gasteiger partial charge in [0.25, 0.3) is 5.91 Å². The number of nitrogens with one attached hydrogen (secondary N) is 2. The van der Waals surface area contributed by atoms with Crippen molar-refractivity contribution in [3.63, 3.8) is 0 Å². The Morgan fingerprint density at radius 2 is 2.10 bits per heavy atom. The van der Waals surface area contributed by atoms with Gasteiger partial charge < -0.3 is 15.4 Å². The second-order valence-corrected chi connectivity index (χ2v) is 4.42. The molecule has 20 heavy (non-hydrogen) atoms. The first-order valence-electron chi connectivity index (χ1n) is 6.24. The number of hydrogen-bond donors (Lipinski definition) is 2. The zero-order valence-corrected chi connectivity index (χ0v) is 10.9. The number of rotatable bonds is 1. The molecule has 1 amide bonds. The van der Waals surface area contributed by atoms with Crippen LogP contribution < -0.4 is 10.6 Å². The fourth-order valence-electron chi connectivity index (χ4n) is 2.32. The molecule has 0 unspecified atom stereocenters. The lowest BCUT2D eigenvalue weighted by molar-refractivity contribution is 0.0602. The van der Waals surface area contributed by atoms with Gasteiger partial charge in [0.05, 0.1) is 29.4 Å². The fourth-order valence-corrected chi connectivity index (χ4v) is 2.32. The molecule has 1 aromatic carbocycles. The van der Waals surface area contributed by atoms with E-state index in [4.69, 9.17) is 4.74 Å². The summed E-state index contributed by atoms with van der Waals surface area (Å²) in [6.07, 6.45) is 1.48. The highest BCUT2D eigenvalue weighted by molar-refractivity contribution is 6.11. The molecule has 1 aliphatic rings. The third-order valence-corrected chi connectivity index (χ3v) is 3.26. The summed E-state index contributed by atoms with van der Waals surface area (Å²) in [5.74, 6) is -0.607. The minimum absolute atomic E-state index is 0.164. The van der Waals surface area contributed by atoms with Gasteiger partial charge in [-0.3, -0.25) is 9.78 Å². The van der Waals surface area contributed by atoms with Crippen molar-refractivity contribution in [2.45, 2.75) is 0 Å². The lowest BCUT2D eigenvalue weighted by Gasteiger charge is -2.11. The maximum atomic E-state index is 11.9. The lowest BCUT2D eigenvalue weighted by atomic mass is 10.1. The average Bonchev–Trinajstić information content (AvgIpc) is 2.68. The number of pyridine rings is 1. The van der Waals surface area contributed by atoms with E-state index in [1.807, 2.05) is 6.07 Å². The largest absolute Gasteiger partial charge is 0.465 e. The predicted octanol–water partition coefficient (Wildman–Crippen LogP) is 1.18. The van der Waals surface area contributed by atoms with Crippen LogP contribution in [0.15, 0.2) is 24.4 Å². The fraction of sp³-hybridized carbons (Fsp3) is 0.214. The number of nitrogens with zero attached hydrogens (tertiary/aromatic N) is 1. The molecule has 2 N–H and O–H groups in total. The second kappa shape index (κ2) is 4.80. The van der Waals surface area contributed by atoms with Gasteiger partial charge in [-0.15, -0.1) is 0 Å². The first kappa shape index (κ1) is 12.4. The van der Waals surface area contributed by atoms with E-state index in [0.29, 0.717) is 35.4 Å². The van der Waals surface area contributed by atoms with Gasteiger partial charge in [0.15, 0.2) is 0 Å². The molecule has 0 aliphatic carbocycles. The van der Waals surface area contributed by atoms with Crippen molar-refractivity contribution in [2.75, 3.05) is 25.5 Å². The SMILES string of the molecule is COC(=O)c1cccc2c3c(cnc12)C(=O)NCCN3. The Morgan fingerprint density at radius 1 is 1.30 bits per heavy atom. The normalized spacial score (nSPS) is 13.9. The number of carbonyl (C=O) groups excluding carboxylic acids is 2. The molecule has 0 saturated carbocycles. The summed E-state index contributed by atoms with van der Waals surface area (Å²) >= 11 is 0. The highest BCUT2D eigenvalue weighted by Crippen LogP contribution is 2.29. The molecule has 102 valence electrons. The van der Waals surface area contributed by atoms with E-state index < -0.39 is 5.97 Å². The molecular weight excluding hydrogens is 258 g/mol. The maximum Gasteiger partial charge on any atom is 0.340 e. The molecule has 0 radical (unpaired) electrons. The summed E-state index contributed by atoms with van der Waals surface area (Å²) in [5.41, 5.74) is 2.10. The Balaban J connectivity index is 2.29. The molecule has 0 fully saturated rings. The summed E-state index contributed by atoms with van der Waals surface area (Å²) in [5, 5.41) is 6.73. The zero-order valence-electron chi connectivity index (χ0n) is 10.9. The van der Waals surface area contributed by atoms with E-state index >= 15 is 0 Å². The van der Waals surface area contributed by atoms with Gasteiger partial charge in [-0.05, 0) is 6.07 Å². The van der Waals surface area contributed by atoms with Crippen LogP contribution in [0.4, 0.5) is 5.69 Å². The number of esters is 1. The highest BCUT2D eigenvalue weighted by Gasteiger charge is 2.20. The molecule has 2 aromatic rings. The molecule has 1 aliphatic heterocycles. The zero-order chi connectivity index (χ0) is 14.1. The van der Waals surface area contributed by atoms with E-state index in [1.165, 1.54) is 13.3 Å². The second-order valence-electron chi connectivity index (χ2n) is 4.42. The van der Waals surface area contributed by atoms with Crippen LogP contribution in [0.1, 0.15) is 20.7 Å². The number of amides is 1. The van der Waals surface area contributed by atoms with Crippen molar-refractivity contribution in [1.29, 1.82) is 0 Å². The van der Waals surface area contributed by atoms with Crippen molar-refractivity contribution in [1.82, 2.24) is 10.3 Å². The first-order chi connectivity index (χ1) is 9.72. The first-order valence-corrected chi connectivity index (χ1v) is 6.24. The number of benzene rings is 1. The Kier molecular flexibility index (Phi) is 2.98. The van der Waals surface area contributed by atoms with Gasteiger partial charge in [0, 0.05) is 24.7 Å². The molecule has 3 rings (SSSR count). The lowest BCUT2D eigenvalue weighted by Crippen LogP contribution is -2.24. The Labute approximate surface area is 115 Å². The van der Waals surface area contributed by atoms with E-state index in [-0.39, 0.29) is 5.91 Å². The minimum atomic E-state index is -0.443. The van der Waals surface area contributed by atoms with Crippen LogP contribution in [-0.2, 0) is 4.74 Å². The van der Waals surface area contributed by atoms with Gasteiger partial charge in [-0.1, -0.05) is 12.1 Å². The van der Waals surface area contributed by atoms with Crippen LogP contribution in [0.3, 0.4) is 0 Å². The van der Waals surface area contributed by atoms with Gasteiger partial charge >= 0.3 is 5.97 Å². The summed E-state index contributed by atoms with van der Waals surface area (Å²) in [7, 11) is 1.33. The molecule has 0 spiro atoms. The number of fused-ring (bicyclic) bond motifs is 3. The third-order valence-electron chi connectivity index (χ3n) is 3.26. The van der Waals surface area contributed by atoms with Crippen molar-refractivity contribution in [2.24, 2.45) is 0 Å². The molecule has 1 aromatic heterocycles. The minimum Gasteiger partial charge on any atom is -0.465 e. The number of hydrogen-bond acceptors (Lipinski definition) is 5. The van der Waals surface area contributed by atoms with E-state index in [2.05, 4.69) is 15.6 Å². The van der Waals surface area contributed by atoms with Crippen molar-refractivity contribution in [3.05, 3.63) is 35.5 Å². The smallest absolute Gasteiger partial charge is 0.340 e. The van der Waals surface area contributed by atoms with Crippen LogP contribution in [0.5, 0.6) is 0 Å². The Hall–Kier alpha value is -2.63. The predicted molar refractivity (Wildman–Crippen MR) is 73.9 cm³/mol. The number of aromatic nitrogens is 1. The van der Waals surface area contributed by atoms with Crippen LogP contribution in [0, 0.1) is 0 Å². The Morgan fingerprint density at radius 3 is 2.90 bits per heavy atom. The summed E-state index contributed by atoms with van der Waals surface area (Å²) in [6, 6.07) is 5.24. The molecule has 2 heterocycles. The molecule has 6 heteroatoms. The van der Waals surface area contributed by atoms with Crippen molar-refractivity contribution < 1.29 is 14.3 Å². The van der Waals surface area contributed by atoms with Crippen LogP contribution in [-0.4, -0.2) is 37.1 Å². The average molecular weight is 271 g/mol. The van der Waals surface area contributed by atoms with Crippen molar-refractivity contribution in [3.8, 4) is 0 Å². The van der Waals surface area contributed by atoms with Gasteiger partial charge in [-0.25, -0.2) is 4.79 Å². The Bertz CT molecular complexity index is 712. The number of para-hydroxylation sites is 1. The third kappa shape index (κ3) is 1.85. The summed E-state index contributed by atoms with van der Waals surface area (Å²) in [6.45, 7) is 1.17. The quantitative estimate of drug-likeness (QED) is 0.761. The number of anilines is 1. The van der Waals surface area contributed by atoms with E-state index in [1.54, 1.807) is 12.1 Å². The molecule has 0 saturated heterocycles. The monoisotopic (exact) mass is 271 g/mol. The maximum absolute atomic E-state index is 11.9. The van der Waals surface area contributed by atoms with Crippen LogP contribution in [0.25, 0.3) is 10.9 Å². The number of methoxy groups -OCH3 is 1. The molecule has 0 bridgehead atoms. The van der Waals surface area contributed by atoms with Crippen LogP contribution in [0.2, 0.25) is 0 Å². The van der Waals surface area contributed by atoms with Gasteiger partial charge in [0.2, 0.25) is 0 Å². The molecular formula is C14H13N3O3. The van der Waals surface area contributed by atoms with E-state index in [0.717, 1.165) is 5.39 Å². The van der Waals surface area contributed by atoms with Gasteiger partial charge in [-0.2, -0.15) is 0 Å². The highest BCUT2D eigenvalue weighted by atomic mass is 16.5. The van der Waals surface area contributed by atoms with Gasteiger partial charge in [0.1, 0.15) is 0 Å². The topological polar surface area (TPSA) is 80.3 Å². The van der Waals surface area contributed by atoms with E-state index in [9.17, 15) is 9.59 Å². The molecule has 6 nitrogen and oxygen atoms in total. The summed E-state index contributed by atoms with van der Waals surface area (Å²) < 4.78 is 4.76. The standard InChI is InChI=1S/C14H13N3O3/c1-20-14(19)9-4-2-3-8-11(9)17-7-10-12(8)15-5-6-16-13(10)18/h2-4,7,15H,5-6H2,1H3,(H,16,18).